The number of nitrogens with one attached hydrogen (secondary N) is 1. The first-order valence-corrected chi connectivity index (χ1v) is 8.44. The van der Waals surface area contributed by atoms with Gasteiger partial charge in [0, 0.05) is 29.2 Å². The van der Waals surface area contributed by atoms with Gasteiger partial charge in [0.25, 0.3) is 15.0 Å². The first kappa shape index (κ1) is 16.5. The molecule has 6 heteroatoms. The van der Waals surface area contributed by atoms with Gasteiger partial charge >= 0.3 is 0 Å². The highest BCUT2D eigenvalue weighted by Gasteiger charge is 2.14. The number of terminal acetylenes is 1. The second-order valence-electron chi connectivity index (χ2n) is 4.33. The highest BCUT2D eigenvalue weighted by molar-refractivity contribution is 8.13. The Bertz CT molecular complexity index is 632. The van der Waals surface area contributed by atoms with Crippen LogP contribution < -0.4 is 5.32 Å². The zero-order chi connectivity index (χ0) is 15.2. The molecule has 0 aliphatic carbocycles. The van der Waals surface area contributed by atoms with Crippen LogP contribution in [-0.2, 0) is 9.05 Å². The Morgan fingerprint density at radius 2 is 2.10 bits per heavy atom. The monoisotopic (exact) mass is 313 g/mol. The Labute approximate surface area is 123 Å². The molecule has 1 N–H and O–H groups in total. The van der Waals surface area contributed by atoms with E-state index in [9.17, 15) is 13.2 Å². The number of aryl methyl sites for hydroxylation is 1. The molecule has 0 aliphatic rings. The van der Waals surface area contributed by atoms with Crippen LogP contribution in [0, 0.1) is 19.3 Å². The van der Waals surface area contributed by atoms with Gasteiger partial charge in [-0.25, -0.2) is 8.42 Å². The average Bonchev–Trinajstić information content (AvgIpc) is 2.37. The van der Waals surface area contributed by atoms with Gasteiger partial charge in [0.15, 0.2) is 0 Å². The van der Waals surface area contributed by atoms with Gasteiger partial charge in [-0.15, -0.1) is 12.3 Å². The molecule has 1 aromatic carbocycles. The molecule has 0 saturated carbocycles. The maximum atomic E-state index is 11.9. The molecule has 0 fully saturated rings. The number of hydrogen-bond acceptors (Lipinski definition) is 3. The summed E-state index contributed by atoms with van der Waals surface area (Å²) < 4.78 is 22.4. The van der Waals surface area contributed by atoms with Crippen LogP contribution in [0.15, 0.2) is 23.1 Å². The van der Waals surface area contributed by atoms with Crippen molar-refractivity contribution < 1.29 is 13.2 Å². The van der Waals surface area contributed by atoms with Crippen molar-refractivity contribution in [2.24, 2.45) is 0 Å². The average molecular weight is 314 g/mol. The number of unbranched alkanes of at least 4 members (excludes halogenated alkanes) is 2. The summed E-state index contributed by atoms with van der Waals surface area (Å²) in [6.07, 6.45) is 7.49. The maximum Gasteiger partial charge on any atom is 0.261 e. The minimum absolute atomic E-state index is 0.0118. The molecular formula is C14H16ClNO3S. The van der Waals surface area contributed by atoms with E-state index in [1.54, 1.807) is 6.92 Å². The topological polar surface area (TPSA) is 63.2 Å². The highest BCUT2D eigenvalue weighted by atomic mass is 35.7. The molecule has 1 rings (SSSR count). The highest BCUT2D eigenvalue weighted by Crippen LogP contribution is 2.18. The Kier molecular flexibility index (Phi) is 6.05. The van der Waals surface area contributed by atoms with E-state index >= 15 is 0 Å². The largest absolute Gasteiger partial charge is 0.352 e. The van der Waals surface area contributed by atoms with Gasteiger partial charge in [-0.05, 0) is 43.5 Å². The minimum atomic E-state index is -3.77. The van der Waals surface area contributed by atoms with E-state index in [4.69, 9.17) is 17.1 Å². The van der Waals surface area contributed by atoms with Crippen molar-refractivity contribution >= 4 is 25.6 Å². The molecule has 0 bridgehead atoms. The summed E-state index contributed by atoms with van der Waals surface area (Å²) in [5.41, 5.74) is 0.999. The third-order valence-corrected chi connectivity index (χ3v) is 4.11. The van der Waals surface area contributed by atoms with E-state index in [1.807, 2.05) is 0 Å². The number of benzene rings is 1. The fourth-order valence-corrected chi connectivity index (χ4v) is 2.53. The molecule has 0 aromatic heterocycles. The van der Waals surface area contributed by atoms with E-state index in [0.717, 1.165) is 12.8 Å². The molecule has 1 amide bonds. The van der Waals surface area contributed by atoms with Crippen LogP contribution in [0.3, 0.4) is 0 Å². The van der Waals surface area contributed by atoms with E-state index in [1.165, 1.54) is 18.2 Å². The molecule has 0 spiro atoms. The molecule has 0 radical (unpaired) electrons. The number of amides is 1. The molecule has 0 heterocycles. The van der Waals surface area contributed by atoms with Gasteiger partial charge in [0.2, 0.25) is 0 Å². The number of carbonyl (C=O) groups is 1. The van der Waals surface area contributed by atoms with Crippen LogP contribution in [0.25, 0.3) is 0 Å². The molecule has 0 aliphatic heterocycles. The van der Waals surface area contributed by atoms with Crippen LogP contribution in [0.2, 0.25) is 0 Å². The van der Waals surface area contributed by atoms with Crippen molar-refractivity contribution in [1.29, 1.82) is 0 Å². The summed E-state index contributed by atoms with van der Waals surface area (Å²) in [7, 11) is 1.48. The van der Waals surface area contributed by atoms with Crippen LogP contribution in [0.1, 0.15) is 35.2 Å². The van der Waals surface area contributed by atoms with Crippen molar-refractivity contribution in [3.8, 4) is 12.3 Å². The summed E-state index contributed by atoms with van der Waals surface area (Å²) in [6.45, 7) is 2.20. The van der Waals surface area contributed by atoms with Crippen molar-refractivity contribution in [3.63, 3.8) is 0 Å². The zero-order valence-electron chi connectivity index (χ0n) is 11.1. The molecule has 0 unspecified atom stereocenters. The van der Waals surface area contributed by atoms with E-state index in [0.29, 0.717) is 24.1 Å². The van der Waals surface area contributed by atoms with Crippen molar-refractivity contribution in [1.82, 2.24) is 5.32 Å². The minimum Gasteiger partial charge on any atom is -0.352 e. The number of hydrogen-bond donors (Lipinski definition) is 1. The molecule has 1 aromatic rings. The van der Waals surface area contributed by atoms with Gasteiger partial charge in [0.05, 0.1) is 4.90 Å². The zero-order valence-corrected chi connectivity index (χ0v) is 12.7. The lowest BCUT2D eigenvalue weighted by atomic mass is 10.1. The lowest BCUT2D eigenvalue weighted by Crippen LogP contribution is -2.25. The fourth-order valence-electron chi connectivity index (χ4n) is 1.69. The second kappa shape index (κ2) is 7.32. The fraction of sp³-hybridized carbons (Fsp3) is 0.357. The predicted octanol–water partition coefficient (Wildman–Crippen LogP) is 2.46. The van der Waals surface area contributed by atoms with E-state index in [-0.39, 0.29) is 10.8 Å². The molecule has 108 valence electrons. The first-order chi connectivity index (χ1) is 9.36. The smallest absolute Gasteiger partial charge is 0.261 e. The van der Waals surface area contributed by atoms with Gasteiger partial charge in [-0.3, -0.25) is 4.79 Å². The predicted molar refractivity (Wildman–Crippen MR) is 79.2 cm³/mol. The Morgan fingerprint density at radius 3 is 2.65 bits per heavy atom. The quantitative estimate of drug-likeness (QED) is 0.498. The van der Waals surface area contributed by atoms with Crippen LogP contribution >= 0.6 is 10.7 Å². The van der Waals surface area contributed by atoms with Crippen molar-refractivity contribution in [2.45, 2.75) is 31.1 Å². The van der Waals surface area contributed by atoms with Crippen molar-refractivity contribution in [2.75, 3.05) is 6.54 Å². The standard InChI is InChI=1S/C14H16ClNO3S/c1-3-4-5-6-9-16-14(17)13-8-7-12(10-11(13)2)20(15,18)19/h1,7-8,10H,4-6,9H2,2H3,(H,16,17). The van der Waals surface area contributed by atoms with E-state index in [2.05, 4.69) is 11.2 Å². The summed E-state index contributed by atoms with van der Waals surface area (Å²) in [5, 5.41) is 2.77. The van der Waals surface area contributed by atoms with Gasteiger partial charge in [-0.2, -0.15) is 0 Å². The lowest BCUT2D eigenvalue weighted by molar-refractivity contribution is 0.0952. The summed E-state index contributed by atoms with van der Waals surface area (Å²) >= 11 is 0. The number of carbonyl (C=O) groups excluding carboxylic acids is 1. The Morgan fingerprint density at radius 1 is 1.40 bits per heavy atom. The summed E-state index contributed by atoms with van der Waals surface area (Å²) in [4.78, 5) is 11.9. The summed E-state index contributed by atoms with van der Waals surface area (Å²) in [6, 6.07) is 4.17. The number of rotatable bonds is 6. The SMILES string of the molecule is C#CCCCCNC(=O)c1ccc(S(=O)(=O)Cl)cc1C. The molecule has 20 heavy (non-hydrogen) atoms. The van der Waals surface area contributed by atoms with Crippen LogP contribution in [0.4, 0.5) is 0 Å². The molecule has 4 nitrogen and oxygen atoms in total. The van der Waals surface area contributed by atoms with Crippen LogP contribution in [0.5, 0.6) is 0 Å². The van der Waals surface area contributed by atoms with Gasteiger partial charge in [-0.1, -0.05) is 0 Å². The van der Waals surface area contributed by atoms with Crippen LogP contribution in [-0.4, -0.2) is 20.9 Å². The Balaban J connectivity index is 2.68. The summed E-state index contributed by atoms with van der Waals surface area (Å²) in [5.74, 6) is 2.30. The molecule has 0 atom stereocenters. The van der Waals surface area contributed by atoms with E-state index < -0.39 is 9.05 Å². The maximum absolute atomic E-state index is 11.9. The number of halogens is 1. The van der Waals surface area contributed by atoms with Crippen molar-refractivity contribution in [3.05, 3.63) is 29.3 Å². The Hall–Kier alpha value is -1.51. The van der Waals surface area contributed by atoms with Gasteiger partial charge < -0.3 is 5.32 Å². The third-order valence-electron chi connectivity index (χ3n) is 2.76. The third kappa shape index (κ3) is 4.87. The first-order valence-electron chi connectivity index (χ1n) is 6.13. The second-order valence-corrected chi connectivity index (χ2v) is 6.90. The molecule has 0 saturated heterocycles. The molecular weight excluding hydrogens is 298 g/mol. The normalized spacial score (nSPS) is 10.8. The lowest BCUT2D eigenvalue weighted by Gasteiger charge is -2.08. The van der Waals surface area contributed by atoms with Gasteiger partial charge in [0.1, 0.15) is 0 Å².